The summed E-state index contributed by atoms with van der Waals surface area (Å²) in [6.07, 6.45) is 0. The number of amides is 1. The lowest BCUT2D eigenvalue weighted by Gasteiger charge is -2.12. The lowest BCUT2D eigenvalue weighted by Crippen LogP contribution is -2.27. The van der Waals surface area contributed by atoms with E-state index in [1.165, 1.54) is 18.2 Å². The molecule has 1 N–H and O–H groups in total. The first-order valence-corrected chi connectivity index (χ1v) is 8.43. The third kappa shape index (κ3) is 4.12. The van der Waals surface area contributed by atoms with Gasteiger partial charge < -0.3 is 10.1 Å². The van der Waals surface area contributed by atoms with Gasteiger partial charge in [-0.3, -0.25) is 9.59 Å². The normalized spacial score (nSPS) is 10.4. The van der Waals surface area contributed by atoms with E-state index in [-0.39, 0.29) is 23.6 Å². The zero-order valence-corrected chi connectivity index (χ0v) is 14.9. The highest BCUT2D eigenvalue weighted by Gasteiger charge is 2.20. The molecular weight excluding hydrogens is 365 g/mol. The molecular formula is C20H16FN3O4. The maximum absolute atomic E-state index is 13.4. The minimum atomic E-state index is -0.804. The highest BCUT2D eigenvalue weighted by Crippen LogP contribution is 2.15. The van der Waals surface area contributed by atoms with E-state index in [2.05, 4.69) is 10.4 Å². The average molecular weight is 381 g/mol. The van der Waals surface area contributed by atoms with Crippen molar-refractivity contribution in [2.24, 2.45) is 0 Å². The van der Waals surface area contributed by atoms with Gasteiger partial charge in [0.1, 0.15) is 5.82 Å². The lowest BCUT2D eigenvalue weighted by molar-refractivity contribution is 0.0518. The summed E-state index contributed by atoms with van der Waals surface area (Å²) in [6.45, 7) is 1.71. The van der Waals surface area contributed by atoms with Gasteiger partial charge in [0.2, 0.25) is 0 Å². The molecule has 0 radical (unpaired) electrons. The van der Waals surface area contributed by atoms with Gasteiger partial charge in [-0.05, 0) is 37.3 Å². The van der Waals surface area contributed by atoms with Gasteiger partial charge >= 0.3 is 5.97 Å². The van der Waals surface area contributed by atoms with Crippen LogP contribution in [0.2, 0.25) is 0 Å². The van der Waals surface area contributed by atoms with Crippen LogP contribution in [0.25, 0.3) is 5.69 Å². The Morgan fingerprint density at radius 1 is 1.11 bits per heavy atom. The Hall–Kier alpha value is -3.81. The average Bonchev–Trinajstić information content (AvgIpc) is 2.69. The number of nitrogens with zero attached hydrogens (tertiary/aromatic N) is 2. The number of rotatable bonds is 5. The van der Waals surface area contributed by atoms with Gasteiger partial charge in [-0.1, -0.05) is 24.3 Å². The Kier molecular flexibility index (Phi) is 5.59. The number of carbonyl (C=O) groups is 2. The quantitative estimate of drug-likeness (QED) is 0.687. The van der Waals surface area contributed by atoms with Crippen LogP contribution < -0.4 is 10.9 Å². The summed E-state index contributed by atoms with van der Waals surface area (Å²) in [6, 6.07) is 14.6. The third-order valence-corrected chi connectivity index (χ3v) is 3.74. The molecule has 0 bridgehead atoms. The van der Waals surface area contributed by atoms with E-state index in [4.69, 9.17) is 4.74 Å². The lowest BCUT2D eigenvalue weighted by atomic mass is 10.2. The highest BCUT2D eigenvalue weighted by atomic mass is 19.1. The van der Waals surface area contributed by atoms with Crippen molar-refractivity contribution < 1.29 is 18.7 Å². The first-order valence-electron chi connectivity index (χ1n) is 8.43. The van der Waals surface area contributed by atoms with E-state index < -0.39 is 23.3 Å². The number of esters is 1. The largest absolute Gasteiger partial charge is 0.461 e. The van der Waals surface area contributed by atoms with Crippen LogP contribution in [0.5, 0.6) is 0 Å². The molecule has 0 aliphatic heterocycles. The Morgan fingerprint density at radius 3 is 2.54 bits per heavy atom. The van der Waals surface area contributed by atoms with E-state index >= 15 is 0 Å². The van der Waals surface area contributed by atoms with E-state index in [0.29, 0.717) is 5.69 Å². The second-order valence-electron chi connectivity index (χ2n) is 5.68. The number of nitrogens with one attached hydrogen (secondary N) is 1. The minimum absolute atomic E-state index is 0.0297. The molecule has 0 aliphatic carbocycles. The minimum Gasteiger partial charge on any atom is -0.461 e. The van der Waals surface area contributed by atoms with Crippen LogP contribution in [0.4, 0.5) is 10.1 Å². The van der Waals surface area contributed by atoms with E-state index in [1.54, 1.807) is 37.3 Å². The van der Waals surface area contributed by atoms with Crippen molar-refractivity contribution in [3.8, 4) is 5.69 Å². The fraction of sp³-hybridized carbons (Fsp3) is 0.100. The Labute approximate surface area is 159 Å². The number of anilines is 1. The third-order valence-electron chi connectivity index (χ3n) is 3.74. The predicted octanol–water partition coefficient (Wildman–Crippen LogP) is 2.80. The summed E-state index contributed by atoms with van der Waals surface area (Å²) in [5, 5.41) is 6.50. The monoisotopic (exact) mass is 381 g/mol. The van der Waals surface area contributed by atoms with E-state index in [0.717, 1.165) is 16.8 Å². The summed E-state index contributed by atoms with van der Waals surface area (Å²) < 4.78 is 19.4. The van der Waals surface area contributed by atoms with Gasteiger partial charge in [0.05, 0.1) is 18.0 Å². The molecule has 1 aromatic heterocycles. The Morgan fingerprint density at radius 2 is 1.86 bits per heavy atom. The standard InChI is InChI=1S/C20H16FN3O4/c1-2-28-20(27)18-16(22-19(26)13-7-6-8-14(21)11-13)12-17(25)24(23-18)15-9-4-3-5-10-15/h3-12H,2H2,1H3,(H,22,26). The number of ether oxygens (including phenoxy) is 1. The first kappa shape index (κ1) is 19.0. The smallest absolute Gasteiger partial charge is 0.360 e. The van der Waals surface area contributed by atoms with Crippen molar-refractivity contribution in [2.75, 3.05) is 11.9 Å². The Bertz CT molecular complexity index is 1080. The van der Waals surface area contributed by atoms with Crippen LogP contribution in [-0.2, 0) is 4.74 Å². The van der Waals surface area contributed by atoms with Gasteiger partial charge in [0.25, 0.3) is 11.5 Å². The summed E-state index contributed by atoms with van der Waals surface area (Å²) >= 11 is 0. The molecule has 3 aromatic rings. The molecule has 1 heterocycles. The molecule has 0 aliphatic rings. The SMILES string of the molecule is CCOC(=O)c1nn(-c2ccccc2)c(=O)cc1NC(=O)c1cccc(F)c1. The molecule has 0 unspecified atom stereocenters. The fourth-order valence-electron chi connectivity index (χ4n) is 2.48. The molecule has 0 saturated heterocycles. The van der Waals surface area contributed by atoms with Crippen LogP contribution in [0.3, 0.4) is 0 Å². The Balaban J connectivity index is 2.04. The number of hydrogen-bond donors (Lipinski definition) is 1. The van der Waals surface area contributed by atoms with Crippen molar-refractivity contribution in [1.29, 1.82) is 0 Å². The molecule has 0 spiro atoms. The van der Waals surface area contributed by atoms with Crippen molar-refractivity contribution >= 4 is 17.6 Å². The van der Waals surface area contributed by atoms with Crippen LogP contribution >= 0.6 is 0 Å². The van der Waals surface area contributed by atoms with Crippen LogP contribution in [0.15, 0.2) is 65.5 Å². The number of hydrogen-bond acceptors (Lipinski definition) is 5. The molecule has 0 atom stereocenters. The second-order valence-corrected chi connectivity index (χ2v) is 5.68. The van der Waals surface area contributed by atoms with Crippen LogP contribution in [0, 0.1) is 5.82 Å². The van der Waals surface area contributed by atoms with E-state index in [1.807, 2.05) is 0 Å². The molecule has 7 nitrogen and oxygen atoms in total. The maximum atomic E-state index is 13.4. The molecule has 0 fully saturated rings. The number of aromatic nitrogens is 2. The van der Waals surface area contributed by atoms with Gasteiger partial charge in [-0.2, -0.15) is 9.78 Å². The number of benzene rings is 2. The van der Waals surface area contributed by atoms with Gasteiger partial charge in [-0.25, -0.2) is 9.18 Å². The van der Waals surface area contributed by atoms with Crippen molar-refractivity contribution in [3.63, 3.8) is 0 Å². The van der Waals surface area contributed by atoms with E-state index in [9.17, 15) is 18.8 Å². The van der Waals surface area contributed by atoms with Crippen molar-refractivity contribution in [2.45, 2.75) is 6.92 Å². The molecule has 3 rings (SSSR count). The zero-order valence-electron chi connectivity index (χ0n) is 14.9. The number of para-hydroxylation sites is 1. The number of carbonyl (C=O) groups excluding carboxylic acids is 2. The molecule has 2 aromatic carbocycles. The van der Waals surface area contributed by atoms with Crippen molar-refractivity contribution in [1.82, 2.24) is 9.78 Å². The summed E-state index contributed by atoms with van der Waals surface area (Å²) in [5.74, 6) is -2.08. The zero-order chi connectivity index (χ0) is 20.1. The van der Waals surface area contributed by atoms with Crippen LogP contribution in [-0.4, -0.2) is 28.3 Å². The summed E-state index contributed by atoms with van der Waals surface area (Å²) in [5.41, 5.74) is -0.447. The summed E-state index contributed by atoms with van der Waals surface area (Å²) in [4.78, 5) is 37.2. The first-order chi connectivity index (χ1) is 13.5. The fourth-order valence-corrected chi connectivity index (χ4v) is 2.48. The van der Waals surface area contributed by atoms with Crippen LogP contribution in [0.1, 0.15) is 27.8 Å². The van der Waals surface area contributed by atoms with Crippen molar-refractivity contribution in [3.05, 3.63) is 88.1 Å². The topological polar surface area (TPSA) is 90.3 Å². The molecule has 1 amide bonds. The van der Waals surface area contributed by atoms with Gasteiger partial charge in [0.15, 0.2) is 5.69 Å². The maximum Gasteiger partial charge on any atom is 0.360 e. The molecule has 0 saturated carbocycles. The molecule has 8 heteroatoms. The summed E-state index contributed by atoms with van der Waals surface area (Å²) in [7, 11) is 0. The molecule has 142 valence electrons. The number of halogens is 1. The van der Waals surface area contributed by atoms with Gasteiger partial charge in [-0.15, -0.1) is 0 Å². The van der Waals surface area contributed by atoms with Gasteiger partial charge in [0, 0.05) is 11.6 Å². The predicted molar refractivity (Wildman–Crippen MR) is 100 cm³/mol. The highest BCUT2D eigenvalue weighted by molar-refractivity contribution is 6.07. The second kappa shape index (κ2) is 8.26. The molecule has 28 heavy (non-hydrogen) atoms.